The molecule has 2 aliphatic rings. The highest BCUT2D eigenvalue weighted by Gasteiger charge is 2.38. The molecule has 2 fully saturated rings. The van der Waals surface area contributed by atoms with Crippen molar-refractivity contribution in [2.45, 2.75) is 37.6 Å². The van der Waals surface area contributed by atoms with Crippen molar-refractivity contribution in [2.24, 2.45) is 0 Å². The number of aromatic nitrogens is 3. The molecule has 0 radical (unpaired) electrons. The number of amides is 2. The maximum Gasteiger partial charge on any atom is 0.254 e. The number of aromatic amines is 1. The van der Waals surface area contributed by atoms with Crippen LogP contribution in [0.3, 0.4) is 0 Å². The number of benzene rings is 1. The molecule has 2 saturated heterocycles. The maximum atomic E-state index is 13.4. The van der Waals surface area contributed by atoms with E-state index in [1.807, 2.05) is 17.0 Å². The van der Waals surface area contributed by atoms with E-state index in [1.54, 1.807) is 35.4 Å². The van der Waals surface area contributed by atoms with E-state index in [-0.39, 0.29) is 17.7 Å². The fourth-order valence-electron chi connectivity index (χ4n) is 4.72. The van der Waals surface area contributed by atoms with E-state index in [2.05, 4.69) is 15.0 Å². The molecule has 31 heavy (non-hydrogen) atoms. The second-order valence-electron chi connectivity index (χ2n) is 8.29. The molecule has 1 aromatic carbocycles. The molecule has 0 saturated carbocycles. The Kier molecular flexibility index (Phi) is 5.36. The molecule has 4 heterocycles. The van der Waals surface area contributed by atoms with Crippen LogP contribution < -0.4 is 0 Å². The third-order valence-electron chi connectivity index (χ3n) is 6.27. The van der Waals surface area contributed by atoms with Gasteiger partial charge in [0.1, 0.15) is 11.9 Å². The second kappa shape index (κ2) is 8.30. The zero-order chi connectivity index (χ0) is 21.4. The van der Waals surface area contributed by atoms with Gasteiger partial charge in [0.15, 0.2) is 5.65 Å². The van der Waals surface area contributed by atoms with Gasteiger partial charge in [0.25, 0.3) is 5.91 Å². The van der Waals surface area contributed by atoms with Crippen molar-refractivity contribution in [3.63, 3.8) is 0 Å². The van der Waals surface area contributed by atoms with Crippen LogP contribution in [-0.2, 0) is 4.79 Å². The third-order valence-corrected chi connectivity index (χ3v) is 6.50. The van der Waals surface area contributed by atoms with Gasteiger partial charge >= 0.3 is 0 Å². The summed E-state index contributed by atoms with van der Waals surface area (Å²) in [6, 6.07) is 10.3. The van der Waals surface area contributed by atoms with Gasteiger partial charge in [-0.3, -0.25) is 9.59 Å². The summed E-state index contributed by atoms with van der Waals surface area (Å²) in [5, 5.41) is 0.520. The number of carbonyl (C=O) groups excluding carboxylic acids is 2. The highest BCUT2D eigenvalue weighted by Crippen LogP contribution is 2.29. The summed E-state index contributed by atoms with van der Waals surface area (Å²) < 4.78 is 0. The summed E-state index contributed by atoms with van der Waals surface area (Å²) >= 11 is 6.06. The molecular formula is C23H24ClN5O2. The standard InChI is InChI=1S/C23H24ClN5O2/c24-17-7-1-5-15(13-17)22(30)29-12-4-9-19(29)23(31)28-11-3-6-16(14-28)20-26-18-8-2-10-25-21(18)27-20/h1-2,5,7-8,10,13,16,19H,3-4,6,9,11-12,14H2,(H,25,26,27). The Labute approximate surface area is 185 Å². The van der Waals surface area contributed by atoms with Crippen molar-refractivity contribution in [1.82, 2.24) is 24.8 Å². The highest BCUT2D eigenvalue weighted by molar-refractivity contribution is 6.31. The SMILES string of the molecule is O=C(C1CCCN1C(=O)c1cccc(Cl)c1)N1CCCC(c2nc3ncccc3[nH]2)C1. The zero-order valence-corrected chi connectivity index (χ0v) is 17.9. The first-order valence-corrected chi connectivity index (χ1v) is 11.1. The van der Waals surface area contributed by atoms with Crippen LogP contribution in [0.25, 0.3) is 11.2 Å². The first kappa shape index (κ1) is 20.0. The number of piperidine rings is 1. The van der Waals surface area contributed by atoms with Crippen LogP contribution >= 0.6 is 11.6 Å². The van der Waals surface area contributed by atoms with E-state index in [0.29, 0.717) is 42.3 Å². The Morgan fingerprint density at radius 2 is 1.97 bits per heavy atom. The topological polar surface area (TPSA) is 82.2 Å². The van der Waals surface area contributed by atoms with Crippen molar-refractivity contribution >= 4 is 34.6 Å². The fourth-order valence-corrected chi connectivity index (χ4v) is 4.91. The van der Waals surface area contributed by atoms with E-state index in [4.69, 9.17) is 11.6 Å². The number of nitrogens with one attached hydrogen (secondary N) is 1. The molecule has 8 heteroatoms. The Bertz CT molecular complexity index is 1100. The van der Waals surface area contributed by atoms with Crippen molar-refractivity contribution in [1.29, 1.82) is 0 Å². The molecule has 5 rings (SSSR count). The average molecular weight is 438 g/mol. The Morgan fingerprint density at radius 3 is 2.81 bits per heavy atom. The fraction of sp³-hybridized carbons (Fsp3) is 0.391. The van der Waals surface area contributed by atoms with Crippen molar-refractivity contribution in [3.05, 3.63) is 59.0 Å². The Morgan fingerprint density at radius 1 is 1.10 bits per heavy atom. The molecule has 7 nitrogen and oxygen atoms in total. The number of halogens is 1. The van der Waals surface area contributed by atoms with Gasteiger partial charge in [0.2, 0.25) is 5.91 Å². The summed E-state index contributed by atoms with van der Waals surface area (Å²) in [7, 11) is 0. The number of likely N-dealkylation sites (tertiary alicyclic amines) is 2. The van der Waals surface area contributed by atoms with E-state index in [0.717, 1.165) is 30.6 Å². The van der Waals surface area contributed by atoms with Crippen LogP contribution in [0.2, 0.25) is 5.02 Å². The first-order valence-electron chi connectivity index (χ1n) is 10.8. The lowest BCUT2D eigenvalue weighted by atomic mass is 9.96. The number of H-pyrrole nitrogens is 1. The molecule has 0 bridgehead atoms. The lowest BCUT2D eigenvalue weighted by Gasteiger charge is -2.35. The minimum atomic E-state index is -0.414. The number of pyridine rings is 1. The molecule has 2 aromatic heterocycles. The molecule has 2 atom stereocenters. The molecule has 2 aliphatic heterocycles. The van der Waals surface area contributed by atoms with E-state index < -0.39 is 6.04 Å². The predicted octanol–water partition coefficient (Wildman–Crippen LogP) is 3.62. The molecular weight excluding hydrogens is 414 g/mol. The van der Waals surface area contributed by atoms with Gasteiger partial charge in [0, 0.05) is 42.3 Å². The second-order valence-corrected chi connectivity index (χ2v) is 8.72. The lowest BCUT2D eigenvalue weighted by Crippen LogP contribution is -2.50. The van der Waals surface area contributed by atoms with Crippen LogP contribution in [0, 0.1) is 0 Å². The lowest BCUT2D eigenvalue weighted by molar-refractivity contribution is -0.136. The molecule has 2 unspecified atom stereocenters. The van der Waals surface area contributed by atoms with E-state index in [1.165, 1.54) is 0 Å². The molecule has 160 valence electrons. The van der Waals surface area contributed by atoms with Crippen LogP contribution in [0.15, 0.2) is 42.6 Å². The molecule has 3 aromatic rings. The Balaban J connectivity index is 1.32. The first-order chi connectivity index (χ1) is 15.1. The van der Waals surface area contributed by atoms with Crippen LogP contribution in [-0.4, -0.2) is 62.2 Å². The minimum absolute atomic E-state index is 0.0341. The summed E-state index contributed by atoms with van der Waals surface area (Å²) in [4.78, 5) is 42.4. The number of rotatable bonds is 3. The Hall–Kier alpha value is -2.93. The third kappa shape index (κ3) is 3.90. The van der Waals surface area contributed by atoms with Gasteiger partial charge in [-0.05, 0) is 56.0 Å². The normalized spacial score (nSPS) is 21.6. The molecule has 2 amide bonds. The molecule has 1 N–H and O–H groups in total. The van der Waals surface area contributed by atoms with Gasteiger partial charge in [-0.15, -0.1) is 0 Å². The largest absolute Gasteiger partial charge is 0.340 e. The van der Waals surface area contributed by atoms with Crippen LogP contribution in [0.1, 0.15) is 47.8 Å². The number of imidazole rings is 1. The summed E-state index contributed by atoms with van der Waals surface area (Å²) in [5.41, 5.74) is 2.14. The van der Waals surface area contributed by atoms with Gasteiger partial charge in [-0.25, -0.2) is 9.97 Å². The van der Waals surface area contributed by atoms with Crippen molar-refractivity contribution in [2.75, 3.05) is 19.6 Å². The minimum Gasteiger partial charge on any atom is -0.340 e. The predicted molar refractivity (Wildman–Crippen MR) is 118 cm³/mol. The van der Waals surface area contributed by atoms with Gasteiger partial charge in [-0.1, -0.05) is 17.7 Å². The number of nitrogens with zero attached hydrogens (tertiary/aromatic N) is 4. The van der Waals surface area contributed by atoms with Crippen LogP contribution in [0.5, 0.6) is 0 Å². The smallest absolute Gasteiger partial charge is 0.254 e. The maximum absolute atomic E-state index is 13.4. The summed E-state index contributed by atoms with van der Waals surface area (Å²) in [6.07, 6.45) is 5.14. The average Bonchev–Trinajstić information content (AvgIpc) is 3.45. The monoisotopic (exact) mass is 437 g/mol. The van der Waals surface area contributed by atoms with Crippen molar-refractivity contribution in [3.8, 4) is 0 Å². The highest BCUT2D eigenvalue weighted by atomic mass is 35.5. The van der Waals surface area contributed by atoms with Gasteiger partial charge < -0.3 is 14.8 Å². The van der Waals surface area contributed by atoms with Crippen LogP contribution in [0.4, 0.5) is 0 Å². The zero-order valence-electron chi connectivity index (χ0n) is 17.1. The van der Waals surface area contributed by atoms with E-state index in [9.17, 15) is 9.59 Å². The van der Waals surface area contributed by atoms with Crippen molar-refractivity contribution < 1.29 is 9.59 Å². The van der Waals surface area contributed by atoms with Gasteiger partial charge in [-0.2, -0.15) is 0 Å². The number of fused-ring (bicyclic) bond motifs is 1. The quantitative estimate of drug-likeness (QED) is 0.678. The number of carbonyl (C=O) groups is 2. The number of hydrogen-bond donors (Lipinski definition) is 1. The van der Waals surface area contributed by atoms with Gasteiger partial charge in [0.05, 0.1) is 5.52 Å². The summed E-state index contributed by atoms with van der Waals surface area (Å²) in [6.45, 7) is 1.91. The van der Waals surface area contributed by atoms with E-state index >= 15 is 0 Å². The molecule has 0 aliphatic carbocycles. The molecule has 0 spiro atoms. The number of hydrogen-bond acceptors (Lipinski definition) is 4. The summed E-state index contributed by atoms with van der Waals surface area (Å²) in [5.74, 6) is 0.928.